The van der Waals surface area contributed by atoms with Crippen LogP contribution in [-0.2, 0) is 6.54 Å². The number of aromatic nitrogens is 1. The topological polar surface area (TPSA) is 42.2 Å². The average molecular weight is 282 g/mol. The van der Waals surface area contributed by atoms with Gasteiger partial charge in [-0.15, -0.1) is 11.3 Å². The summed E-state index contributed by atoms with van der Waals surface area (Å²) in [5.74, 6) is 0. The predicted octanol–water partition coefficient (Wildman–Crippen LogP) is 2.93. The van der Waals surface area contributed by atoms with Crippen LogP contribution >= 0.6 is 22.9 Å². The first-order valence-corrected chi connectivity index (χ1v) is 6.95. The van der Waals surface area contributed by atoms with Crippen LogP contribution in [0.25, 0.3) is 0 Å². The zero-order chi connectivity index (χ0) is 13.0. The third kappa shape index (κ3) is 3.29. The van der Waals surface area contributed by atoms with Crippen molar-refractivity contribution in [2.45, 2.75) is 12.6 Å². The number of nitrogens with zero attached hydrogens (tertiary/aromatic N) is 2. The summed E-state index contributed by atoms with van der Waals surface area (Å²) in [6.45, 7) is 1.35. The van der Waals surface area contributed by atoms with Crippen molar-refractivity contribution >= 4 is 22.9 Å². The number of hydrogen-bond donors (Lipinski definition) is 1. The van der Waals surface area contributed by atoms with Gasteiger partial charge < -0.3 is 5.73 Å². The van der Waals surface area contributed by atoms with Crippen LogP contribution in [0, 0.1) is 0 Å². The molecule has 0 amide bonds. The molecule has 0 aliphatic heterocycles. The largest absolute Gasteiger partial charge is 0.329 e. The molecule has 1 atom stereocenters. The highest BCUT2D eigenvalue weighted by Gasteiger charge is 2.17. The third-order valence-electron chi connectivity index (χ3n) is 2.82. The monoisotopic (exact) mass is 281 g/mol. The summed E-state index contributed by atoms with van der Waals surface area (Å²) in [6, 6.07) is 10.1. The predicted molar refractivity (Wildman–Crippen MR) is 76.8 cm³/mol. The van der Waals surface area contributed by atoms with E-state index in [4.69, 9.17) is 17.3 Å². The summed E-state index contributed by atoms with van der Waals surface area (Å²) >= 11 is 7.56. The van der Waals surface area contributed by atoms with E-state index in [1.54, 1.807) is 11.3 Å². The lowest BCUT2D eigenvalue weighted by Crippen LogP contribution is -2.29. The Bertz CT molecular complexity index is 486. The van der Waals surface area contributed by atoms with Crippen LogP contribution in [0.2, 0.25) is 4.34 Å². The molecule has 0 radical (unpaired) electrons. The van der Waals surface area contributed by atoms with Gasteiger partial charge in [-0.1, -0.05) is 17.7 Å². The summed E-state index contributed by atoms with van der Waals surface area (Å²) in [7, 11) is 2.06. The van der Waals surface area contributed by atoms with Crippen LogP contribution in [-0.4, -0.2) is 23.5 Å². The Labute approximate surface area is 116 Å². The highest BCUT2D eigenvalue weighted by Crippen LogP contribution is 2.29. The van der Waals surface area contributed by atoms with E-state index < -0.39 is 0 Å². The van der Waals surface area contributed by atoms with Gasteiger partial charge in [0.2, 0.25) is 0 Å². The number of hydrogen-bond acceptors (Lipinski definition) is 4. The average Bonchev–Trinajstić information content (AvgIpc) is 2.78. The van der Waals surface area contributed by atoms with Crippen LogP contribution < -0.4 is 5.73 Å². The van der Waals surface area contributed by atoms with Gasteiger partial charge >= 0.3 is 0 Å². The fourth-order valence-corrected chi connectivity index (χ4v) is 3.12. The molecule has 2 aromatic rings. The Morgan fingerprint density at radius 1 is 1.39 bits per heavy atom. The molecule has 2 N–H and O–H groups in total. The van der Waals surface area contributed by atoms with Crippen molar-refractivity contribution in [3.63, 3.8) is 0 Å². The van der Waals surface area contributed by atoms with Crippen molar-refractivity contribution in [2.24, 2.45) is 5.73 Å². The Hall–Kier alpha value is -0.940. The molecular formula is C13H16ClN3S. The number of rotatable bonds is 5. The molecule has 0 saturated heterocycles. The highest BCUT2D eigenvalue weighted by molar-refractivity contribution is 7.16. The minimum Gasteiger partial charge on any atom is -0.329 e. The highest BCUT2D eigenvalue weighted by atomic mass is 35.5. The first-order valence-electron chi connectivity index (χ1n) is 5.76. The first-order chi connectivity index (χ1) is 8.70. The summed E-state index contributed by atoms with van der Waals surface area (Å²) in [5.41, 5.74) is 6.91. The lowest BCUT2D eigenvalue weighted by Gasteiger charge is -2.25. The first kappa shape index (κ1) is 13.5. The minimum absolute atomic E-state index is 0.185. The van der Waals surface area contributed by atoms with E-state index >= 15 is 0 Å². The van der Waals surface area contributed by atoms with E-state index in [-0.39, 0.29) is 6.04 Å². The van der Waals surface area contributed by atoms with Gasteiger partial charge in [0.1, 0.15) is 0 Å². The van der Waals surface area contributed by atoms with Gasteiger partial charge in [0.15, 0.2) is 0 Å². The number of likely N-dealkylation sites (N-methyl/N-ethyl adjacent to an activating group) is 1. The fourth-order valence-electron chi connectivity index (χ4n) is 1.88. The molecule has 0 saturated carbocycles. The molecular weight excluding hydrogens is 266 g/mol. The second-order valence-electron chi connectivity index (χ2n) is 4.13. The number of pyridine rings is 1. The summed E-state index contributed by atoms with van der Waals surface area (Å²) < 4.78 is 0.801. The summed E-state index contributed by atoms with van der Waals surface area (Å²) in [6.07, 6.45) is 1.81. The maximum atomic E-state index is 5.97. The van der Waals surface area contributed by atoms with Gasteiger partial charge in [0.25, 0.3) is 0 Å². The zero-order valence-corrected chi connectivity index (χ0v) is 11.8. The van der Waals surface area contributed by atoms with Crippen molar-refractivity contribution in [3.8, 4) is 0 Å². The van der Waals surface area contributed by atoms with Gasteiger partial charge in [0, 0.05) is 24.2 Å². The quantitative estimate of drug-likeness (QED) is 0.916. The summed E-state index contributed by atoms with van der Waals surface area (Å²) in [5, 5.41) is 0. The molecule has 2 rings (SSSR count). The van der Waals surface area contributed by atoms with E-state index in [0.29, 0.717) is 6.54 Å². The molecule has 0 aliphatic rings. The van der Waals surface area contributed by atoms with Gasteiger partial charge in [-0.05, 0) is 31.3 Å². The van der Waals surface area contributed by atoms with E-state index in [2.05, 4.69) is 16.9 Å². The second kappa shape index (κ2) is 6.29. The minimum atomic E-state index is 0.185. The van der Waals surface area contributed by atoms with Crippen molar-refractivity contribution in [2.75, 3.05) is 13.6 Å². The lowest BCUT2D eigenvalue weighted by molar-refractivity contribution is 0.242. The number of nitrogens with two attached hydrogens (primary N) is 1. The molecule has 0 aromatic carbocycles. The van der Waals surface area contributed by atoms with E-state index in [0.717, 1.165) is 16.6 Å². The van der Waals surface area contributed by atoms with Gasteiger partial charge in [-0.3, -0.25) is 9.88 Å². The van der Waals surface area contributed by atoms with Crippen molar-refractivity contribution < 1.29 is 0 Å². The van der Waals surface area contributed by atoms with Crippen LogP contribution in [0.5, 0.6) is 0 Å². The van der Waals surface area contributed by atoms with Crippen LogP contribution in [0.3, 0.4) is 0 Å². The Balaban J connectivity index is 2.08. The van der Waals surface area contributed by atoms with E-state index in [1.165, 1.54) is 4.88 Å². The molecule has 2 aromatic heterocycles. The number of halogens is 1. The maximum Gasteiger partial charge on any atom is 0.0931 e. The number of thiophene rings is 1. The third-order valence-corrected chi connectivity index (χ3v) is 4.15. The van der Waals surface area contributed by atoms with Crippen LogP contribution in [0.15, 0.2) is 36.5 Å². The SMILES string of the molecule is CN(Cc1ccccn1)C(CN)c1ccc(Cl)s1. The fraction of sp³-hybridized carbons (Fsp3) is 0.308. The molecule has 18 heavy (non-hydrogen) atoms. The molecule has 1 unspecified atom stereocenters. The molecule has 0 fully saturated rings. The molecule has 5 heteroatoms. The van der Waals surface area contributed by atoms with Gasteiger partial charge in [-0.25, -0.2) is 0 Å². The van der Waals surface area contributed by atoms with Crippen LogP contribution in [0.1, 0.15) is 16.6 Å². The molecule has 2 heterocycles. The second-order valence-corrected chi connectivity index (χ2v) is 5.88. The van der Waals surface area contributed by atoms with Crippen molar-refractivity contribution in [1.82, 2.24) is 9.88 Å². The molecule has 0 spiro atoms. The Kier molecular flexibility index (Phi) is 4.72. The smallest absolute Gasteiger partial charge is 0.0931 e. The Morgan fingerprint density at radius 2 is 2.22 bits per heavy atom. The Morgan fingerprint density at radius 3 is 2.78 bits per heavy atom. The van der Waals surface area contributed by atoms with Gasteiger partial charge in [0.05, 0.1) is 16.1 Å². The maximum absolute atomic E-state index is 5.97. The van der Waals surface area contributed by atoms with Crippen molar-refractivity contribution in [3.05, 3.63) is 51.4 Å². The molecule has 3 nitrogen and oxygen atoms in total. The van der Waals surface area contributed by atoms with E-state index in [1.807, 2.05) is 36.5 Å². The molecule has 0 aliphatic carbocycles. The molecule has 0 bridgehead atoms. The summed E-state index contributed by atoms with van der Waals surface area (Å²) in [4.78, 5) is 7.72. The molecule has 96 valence electrons. The normalized spacial score (nSPS) is 12.9. The lowest BCUT2D eigenvalue weighted by atomic mass is 10.2. The standard InChI is InChI=1S/C13H16ClN3S/c1-17(9-10-4-2-3-7-16-10)11(8-15)12-5-6-13(14)18-12/h2-7,11H,8-9,15H2,1H3. The van der Waals surface area contributed by atoms with Gasteiger partial charge in [-0.2, -0.15) is 0 Å². The van der Waals surface area contributed by atoms with Crippen LogP contribution in [0.4, 0.5) is 0 Å². The zero-order valence-electron chi connectivity index (χ0n) is 10.2. The van der Waals surface area contributed by atoms with E-state index in [9.17, 15) is 0 Å². The van der Waals surface area contributed by atoms with Crippen molar-refractivity contribution in [1.29, 1.82) is 0 Å².